The van der Waals surface area contributed by atoms with Crippen LogP contribution in [0.5, 0.6) is 0 Å². The van der Waals surface area contributed by atoms with Gasteiger partial charge in [-0.05, 0) is 36.6 Å². The second-order valence-corrected chi connectivity index (χ2v) is 8.81. The van der Waals surface area contributed by atoms with E-state index in [1.165, 1.54) is 15.6 Å². The predicted octanol–water partition coefficient (Wildman–Crippen LogP) is 4.36. The zero-order chi connectivity index (χ0) is 23.2. The van der Waals surface area contributed by atoms with Crippen LogP contribution in [0.2, 0.25) is 0 Å². The van der Waals surface area contributed by atoms with Crippen LogP contribution in [-0.2, 0) is 17.8 Å². The maximum atomic E-state index is 13.7. The highest BCUT2D eigenvalue weighted by atomic mass is 16.2. The van der Waals surface area contributed by atoms with Crippen molar-refractivity contribution in [3.8, 4) is 0 Å². The van der Waals surface area contributed by atoms with Gasteiger partial charge in [0.05, 0.1) is 17.1 Å². The van der Waals surface area contributed by atoms with Crippen molar-refractivity contribution in [3.05, 3.63) is 112 Å². The molecular formula is C28H24N4O2. The van der Waals surface area contributed by atoms with Gasteiger partial charge in [-0.2, -0.15) is 5.10 Å². The van der Waals surface area contributed by atoms with Gasteiger partial charge in [0.2, 0.25) is 5.91 Å². The fraction of sp³-hybridized carbons (Fsp3) is 0.179. The van der Waals surface area contributed by atoms with Gasteiger partial charge in [0, 0.05) is 28.5 Å². The Hall–Kier alpha value is -4.19. The number of aromatic amines is 1. The number of H-pyrrole nitrogens is 1. The topological polar surface area (TPSA) is 71.0 Å². The zero-order valence-electron chi connectivity index (χ0n) is 18.9. The van der Waals surface area contributed by atoms with Gasteiger partial charge < -0.3 is 9.88 Å². The highest BCUT2D eigenvalue weighted by Crippen LogP contribution is 2.38. The van der Waals surface area contributed by atoms with Gasteiger partial charge in [0.1, 0.15) is 6.54 Å². The second kappa shape index (κ2) is 7.99. The van der Waals surface area contributed by atoms with E-state index in [1.807, 2.05) is 60.4 Å². The monoisotopic (exact) mass is 448 g/mol. The summed E-state index contributed by atoms with van der Waals surface area (Å²) in [5.74, 6) is -0.123. The molecule has 0 bridgehead atoms. The molecule has 5 aromatic rings. The Labute approximate surface area is 196 Å². The number of carbonyl (C=O) groups is 1. The zero-order valence-corrected chi connectivity index (χ0v) is 18.9. The summed E-state index contributed by atoms with van der Waals surface area (Å²) in [6, 6.07) is 25.5. The quantitative estimate of drug-likeness (QED) is 0.446. The summed E-state index contributed by atoms with van der Waals surface area (Å²) >= 11 is 0. The molecule has 0 saturated heterocycles. The number of hydrogen-bond acceptors (Lipinski definition) is 3. The van der Waals surface area contributed by atoms with E-state index in [-0.39, 0.29) is 24.1 Å². The summed E-state index contributed by atoms with van der Waals surface area (Å²) < 4.78 is 1.31. The van der Waals surface area contributed by atoms with E-state index in [2.05, 4.69) is 34.3 Å². The molecule has 3 heterocycles. The molecule has 168 valence electrons. The highest BCUT2D eigenvalue weighted by molar-refractivity contribution is 5.87. The molecule has 0 radical (unpaired) electrons. The molecule has 0 spiro atoms. The minimum Gasteiger partial charge on any atom is -0.356 e. The van der Waals surface area contributed by atoms with Crippen molar-refractivity contribution < 1.29 is 4.79 Å². The van der Waals surface area contributed by atoms with Crippen LogP contribution in [0.25, 0.3) is 21.7 Å². The third-order valence-electron chi connectivity index (χ3n) is 6.81. The number of amides is 1. The highest BCUT2D eigenvalue weighted by Gasteiger charge is 2.34. The molecule has 0 fully saturated rings. The van der Waals surface area contributed by atoms with Crippen molar-refractivity contribution in [3.63, 3.8) is 0 Å². The first-order chi connectivity index (χ1) is 16.6. The largest absolute Gasteiger partial charge is 0.356 e. The molecule has 6 heteroatoms. The lowest BCUT2D eigenvalue weighted by Gasteiger charge is -2.36. The van der Waals surface area contributed by atoms with Crippen molar-refractivity contribution in [1.29, 1.82) is 0 Å². The van der Waals surface area contributed by atoms with Crippen LogP contribution in [-0.4, -0.2) is 32.1 Å². The fourth-order valence-electron chi connectivity index (χ4n) is 5.22. The number of benzene rings is 3. The van der Waals surface area contributed by atoms with Gasteiger partial charge in [0.25, 0.3) is 5.56 Å². The molecule has 1 atom stereocenters. The van der Waals surface area contributed by atoms with Crippen molar-refractivity contribution in [2.24, 2.45) is 0 Å². The normalized spacial score (nSPS) is 15.6. The molecule has 1 amide bonds. The fourth-order valence-corrected chi connectivity index (χ4v) is 5.22. The third kappa shape index (κ3) is 3.22. The van der Waals surface area contributed by atoms with E-state index in [4.69, 9.17) is 0 Å². The lowest BCUT2D eigenvalue weighted by atomic mass is 9.92. The molecule has 3 aromatic carbocycles. The number of aryl methyl sites for hydroxylation is 1. The first-order valence-corrected chi connectivity index (χ1v) is 11.5. The van der Waals surface area contributed by atoms with Crippen LogP contribution in [0, 0.1) is 6.92 Å². The number of fused-ring (bicyclic) bond motifs is 4. The molecule has 6 nitrogen and oxygen atoms in total. The second-order valence-electron chi connectivity index (χ2n) is 8.81. The summed E-state index contributed by atoms with van der Waals surface area (Å²) in [6.45, 7) is 2.35. The minimum absolute atomic E-state index is 0.0938. The number of rotatable bonds is 3. The van der Waals surface area contributed by atoms with Crippen LogP contribution < -0.4 is 5.56 Å². The molecule has 1 N–H and O–H groups in total. The van der Waals surface area contributed by atoms with E-state index in [1.54, 1.807) is 6.07 Å². The summed E-state index contributed by atoms with van der Waals surface area (Å²) in [6.07, 6.45) is 0.757. The standard InChI is InChI=1S/C28H24N4O2/c1-18-20-11-5-6-13-23(20)28(34)32(30-18)17-25(33)31-16-15-22-21-12-7-8-14-24(21)29-26(22)27(31)19-9-3-2-4-10-19/h2-14,27,29H,15-17H2,1H3/t27-/m1/s1. The van der Waals surface area contributed by atoms with Crippen LogP contribution in [0.4, 0.5) is 0 Å². The van der Waals surface area contributed by atoms with E-state index in [0.29, 0.717) is 11.9 Å². The van der Waals surface area contributed by atoms with Crippen molar-refractivity contribution in [2.45, 2.75) is 25.9 Å². The Balaban J connectivity index is 1.43. The Morgan fingerprint density at radius 2 is 1.62 bits per heavy atom. The number of nitrogens with one attached hydrogen (secondary N) is 1. The number of hydrogen-bond donors (Lipinski definition) is 1. The van der Waals surface area contributed by atoms with E-state index in [0.717, 1.165) is 34.3 Å². The minimum atomic E-state index is -0.248. The first kappa shape index (κ1) is 20.4. The molecule has 0 unspecified atom stereocenters. The lowest BCUT2D eigenvalue weighted by Crippen LogP contribution is -2.43. The Bertz CT molecular complexity index is 1600. The van der Waals surface area contributed by atoms with Crippen molar-refractivity contribution >= 4 is 27.6 Å². The van der Waals surface area contributed by atoms with Gasteiger partial charge in [-0.3, -0.25) is 9.59 Å². The third-order valence-corrected chi connectivity index (χ3v) is 6.81. The molecule has 2 aromatic heterocycles. The maximum Gasteiger partial charge on any atom is 0.275 e. The SMILES string of the molecule is Cc1nn(CC(=O)N2CCc3c([nH]c4ccccc34)[C@H]2c2ccccc2)c(=O)c2ccccc12. The maximum absolute atomic E-state index is 13.7. The predicted molar refractivity (Wildman–Crippen MR) is 133 cm³/mol. The first-order valence-electron chi connectivity index (χ1n) is 11.5. The van der Waals surface area contributed by atoms with Crippen LogP contribution >= 0.6 is 0 Å². The average Bonchev–Trinajstić information content (AvgIpc) is 3.26. The smallest absolute Gasteiger partial charge is 0.275 e. The molecule has 1 aliphatic rings. The van der Waals surface area contributed by atoms with Crippen LogP contribution in [0.15, 0.2) is 83.7 Å². The summed E-state index contributed by atoms with van der Waals surface area (Å²) in [7, 11) is 0. The molecule has 0 aliphatic carbocycles. The van der Waals surface area contributed by atoms with Gasteiger partial charge >= 0.3 is 0 Å². The van der Waals surface area contributed by atoms with Gasteiger partial charge in [-0.25, -0.2) is 4.68 Å². The summed E-state index contributed by atoms with van der Waals surface area (Å²) in [4.78, 5) is 32.2. The summed E-state index contributed by atoms with van der Waals surface area (Å²) in [5, 5.41) is 7.06. The van der Waals surface area contributed by atoms with Crippen molar-refractivity contribution in [1.82, 2.24) is 19.7 Å². The number of aromatic nitrogens is 3. The number of carbonyl (C=O) groups excluding carboxylic acids is 1. The Morgan fingerprint density at radius 1 is 0.941 bits per heavy atom. The van der Waals surface area contributed by atoms with Crippen LogP contribution in [0.1, 0.15) is 28.6 Å². The lowest BCUT2D eigenvalue weighted by molar-refractivity contribution is -0.134. The number of nitrogens with zero attached hydrogens (tertiary/aromatic N) is 3. The van der Waals surface area contributed by atoms with Crippen molar-refractivity contribution in [2.75, 3.05) is 6.54 Å². The Morgan fingerprint density at radius 3 is 2.41 bits per heavy atom. The number of para-hydroxylation sites is 1. The van der Waals surface area contributed by atoms with E-state index >= 15 is 0 Å². The molecular weight excluding hydrogens is 424 g/mol. The van der Waals surface area contributed by atoms with Crippen LogP contribution in [0.3, 0.4) is 0 Å². The van der Waals surface area contributed by atoms with Gasteiger partial charge in [0.15, 0.2) is 0 Å². The molecule has 34 heavy (non-hydrogen) atoms. The summed E-state index contributed by atoms with van der Waals surface area (Å²) in [5.41, 5.74) is 4.91. The van der Waals surface area contributed by atoms with E-state index in [9.17, 15) is 9.59 Å². The molecule has 0 saturated carbocycles. The Kier molecular flexibility index (Phi) is 4.80. The molecule has 1 aliphatic heterocycles. The van der Waals surface area contributed by atoms with Gasteiger partial charge in [-0.1, -0.05) is 66.7 Å². The molecule has 6 rings (SSSR count). The van der Waals surface area contributed by atoms with Gasteiger partial charge in [-0.15, -0.1) is 0 Å². The van der Waals surface area contributed by atoms with E-state index < -0.39 is 0 Å². The average molecular weight is 449 g/mol.